The first-order chi connectivity index (χ1) is 9.42. The molecule has 0 spiro atoms. The maximum Gasteiger partial charge on any atom is 0.225 e. The molecule has 4 heteroatoms. The van der Waals surface area contributed by atoms with E-state index in [0.717, 1.165) is 17.9 Å². The van der Waals surface area contributed by atoms with Gasteiger partial charge in [0.05, 0.1) is 6.10 Å². The molecule has 0 heterocycles. The highest BCUT2D eigenvalue weighted by molar-refractivity contribution is 5.91. The SMILES string of the molecule is CCC(C)Oc1cccc(NC(=O)CC(N)C(C)C)c1. The van der Waals surface area contributed by atoms with Gasteiger partial charge < -0.3 is 15.8 Å². The number of hydrogen-bond donors (Lipinski definition) is 2. The third-order valence-electron chi connectivity index (χ3n) is 3.31. The first-order valence-corrected chi connectivity index (χ1v) is 7.24. The Labute approximate surface area is 121 Å². The molecule has 0 aliphatic heterocycles. The smallest absolute Gasteiger partial charge is 0.225 e. The van der Waals surface area contributed by atoms with E-state index in [1.54, 1.807) is 0 Å². The average molecular weight is 278 g/mol. The molecule has 1 aromatic rings. The molecule has 0 aliphatic carbocycles. The van der Waals surface area contributed by atoms with E-state index in [1.165, 1.54) is 0 Å². The molecule has 1 rings (SSSR count). The van der Waals surface area contributed by atoms with Crippen molar-refractivity contribution in [3.8, 4) is 5.75 Å². The molecule has 2 atom stereocenters. The molecule has 20 heavy (non-hydrogen) atoms. The third kappa shape index (κ3) is 5.61. The molecule has 0 bridgehead atoms. The number of nitrogens with one attached hydrogen (secondary N) is 1. The fourth-order valence-electron chi connectivity index (χ4n) is 1.62. The van der Waals surface area contributed by atoms with Gasteiger partial charge in [0.2, 0.25) is 5.91 Å². The summed E-state index contributed by atoms with van der Waals surface area (Å²) >= 11 is 0. The lowest BCUT2D eigenvalue weighted by molar-refractivity contribution is -0.116. The summed E-state index contributed by atoms with van der Waals surface area (Å²) < 4.78 is 5.73. The molecule has 1 aromatic carbocycles. The number of nitrogens with two attached hydrogens (primary N) is 1. The zero-order valence-electron chi connectivity index (χ0n) is 12.8. The van der Waals surface area contributed by atoms with Crippen molar-refractivity contribution >= 4 is 11.6 Å². The van der Waals surface area contributed by atoms with E-state index in [0.29, 0.717) is 12.3 Å². The van der Waals surface area contributed by atoms with Crippen molar-refractivity contribution in [1.82, 2.24) is 0 Å². The maximum absolute atomic E-state index is 11.9. The fraction of sp³-hybridized carbons (Fsp3) is 0.562. The highest BCUT2D eigenvalue weighted by Crippen LogP contribution is 2.19. The van der Waals surface area contributed by atoms with Gasteiger partial charge in [-0.3, -0.25) is 4.79 Å². The van der Waals surface area contributed by atoms with Crippen LogP contribution in [0.5, 0.6) is 5.75 Å². The van der Waals surface area contributed by atoms with E-state index in [9.17, 15) is 4.79 Å². The average Bonchev–Trinajstić information content (AvgIpc) is 2.38. The Morgan fingerprint density at radius 2 is 2.05 bits per heavy atom. The zero-order chi connectivity index (χ0) is 15.1. The van der Waals surface area contributed by atoms with Gasteiger partial charge in [-0.25, -0.2) is 0 Å². The first kappa shape index (κ1) is 16.5. The highest BCUT2D eigenvalue weighted by atomic mass is 16.5. The van der Waals surface area contributed by atoms with Crippen LogP contribution in [0.1, 0.15) is 40.5 Å². The summed E-state index contributed by atoms with van der Waals surface area (Å²) in [6, 6.07) is 7.33. The van der Waals surface area contributed by atoms with Crippen molar-refractivity contribution < 1.29 is 9.53 Å². The van der Waals surface area contributed by atoms with Gasteiger partial charge in [0, 0.05) is 24.2 Å². The van der Waals surface area contributed by atoms with Crippen molar-refractivity contribution in [2.24, 2.45) is 11.7 Å². The molecule has 0 aromatic heterocycles. The molecule has 0 saturated heterocycles. The van der Waals surface area contributed by atoms with E-state index in [1.807, 2.05) is 45.0 Å². The minimum absolute atomic E-state index is 0.0631. The molecule has 0 saturated carbocycles. The van der Waals surface area contributed by atoms with Crippen LogP contribution in [0.2, 0.25) is 0 Å². The van der Waals surface area contributed by atoms with Crippen LogP contribution in [0, 0.1) is 5.92 Å². The molecule has 3 N–H and O–H groups in total. The Kier molecular flexibility index (Phi) is 6.52. The Balaban J connectivity index is 2.59. The standard InChI is InChI=1S/C16H26N2O2/c1-5-12(4)20-14-8-6-7-13(9-14)18-16(19)10-15(17)11(2)3/h6-9,11-12,15H,5,10,17H2,1-4H3,(H,18,19). The van der Waals surface area contributed by atoms with Crippen LogP contribution in [0.3, 0.4) is 0 Å². The van der Waals surface area contributed by atoms with Gasteiger partial charge in [0.15, 0.2) is 0 Å². The van der Waals surface area contributed by atoms with Crippen molar-refractivity contribution in [2.45, 2.75) is 52.7 Å². The van der Waals surface area contributed by atoms with E-state index in [-0.39, 0.29) is 18.1 Å². The number of carbonyl (C=O) groups excluding carboxylic acids is 1. The fourth-order valence-corrected chi connectivity index (χ4v) is 1.62. The van der Waals surface area contributed by atoms with Gasteiger partial charge in [-0.15, -0.1) is 0 Å². The zero-order valence-corrected chi connectivity index (χ0v) is 12.8. The summed E-state index contributed by atoms with van der Waals surface area (Å²) in [7, 11) is 0. The van der Waals surface area contributed by atoms with Crippen molar-refractivity contribution in [1.29, 1.82) is 0 Å². The largest absolute Gasteiger partial charge is 0.491 e. The number of anilines is 1. The van der Waals surface area contributed by atoms with Crippen LogP contribution in [-0.2, 0) is 4.79 Å². The van der Waals surface area contributed by atoms with Crippen LogP contribution in [-0.4, -0.2) is 18.1 Å². The second kappa shape index (κ2) is 7.90. The van der Waals surface area contributed by atoms with Gasteiger partial charge in [0.1, 0.15) is 5.75 Å². The van der Waals surface area contributed by atoms with E-state index in [4.69, 9.17) is 10.5 Å². The minimum atomic E-state index is -0.116. The van der Waals surface area contributed by atoms with Gasteiger partial charge in [-0.05, 0) is 31.4 Å². The second-order valence-corrected chi connectivity index (χ2v) is 5.52. The number of amides is 1. The van der Waals surface area contributed by atoms with Crippen LogP contribution >= 0.6 is 0 Å². The summed E-state index contributed by atoms with van der Waals surface area (Å²) in [5, 5.41) is 2.86. The number of benzene rings is 1. The molecule has 1 amide bonds. The third-order valence-corrected chi connectivity index (χ3v) is 3.31. The second-order valence-electron chi connectivity index (χ2n) is 5.52. The molecule has 0 aliphatic rings. The van der Waals surface area contributed by atoms with Crippen molar-refractivity contribution in [3.63, 3.8) is 0 Å². The summed E-state index contributed by atoms with van der Waals surface area (Å²) in [6.07, 6.45) is 1.43. The number of hydrogen-bond acceptors (Lipinski definition) is 3. The topological polar surface area (TPSA) is 64.3 Å². The van der Waals surface area contributed by atoms with Gasteiger partial charge in [0.25, 0.3) is 0 Å². The molecular formula is C16H26N2O2. The summed E-state index contributed by atoms with van der Waals surface area (Å²) in [5.74, 6) is 0.998. The quantitative estimate of drug-likeness (QED) is 0.805. The number of ether oxygens (including phenoxy) is 1. The van der Waals surface area contributed by atoms with E-state index < -0.39 is 0 Å². The molecule has 0 radical (unpaired) electrons. The summed E-state index contributed by atoms with van der Waals surface area (Å²) in [4.78, 5) is 11.9. The first-order valence-electron chi connectivity index (χ1n) is 7.24. The number of rotatable bonds is 7. The van der Waals surface area contributed by atoms with Crippen LogP contribution < -0.4 is 15.8 Å². The van der Waals surface area contributed by atoms with Gasteiger partial charge in [-0.1, -0.05) is 26.8 Å². The molecule has 2 unspecified atom stereocenters. The molecular weight excluding hydrogens is 252 g/mol. The van der Waals surface area contributed by atoms with Crippen LogP contribution in [0.4, 0.5) is 5.69 Å². The Morgan fingerprint density at radius 1 is 1.35 bits per heavy atom. The lowest BCUT2D eigenvalue weighted by Gasteiger charge is -2.16. The minimum Gasteiger partial charge on any atom is -0.491 e. The maximum atomic E-state index is 11.9. The summed E-state index contributed by atoms with van der Waals surface area (Å²) in [5.41, 5.74) is 6.64. The van der Waals surface area contributed by atoms with Crippen LogP contribution in [0.25, 0.3) is 0 Å². The normalized spacial score (nSPS) is 13.9. The molecule has 0 fully saturated rings. The highest BCUT2D eigenvalue weighted by Gasteiger charge is 2.13. The molecule has 112 valence electrons. The number of carbonyl (C=O) groups is 1. The summed E-state index contributed by atoms with van der Waals surface area (Å²) in [6.45, 7) is 8.12. The van der Waals surface area contributed by atoms with Crippen molar-refractivity contribution in [3.05, 3.63) is 24.3 Å². The Morgan fingerprint density at radius 3 is 2.65 bits per heavy atom. The Hall–Kier alpha value is -1.55. The van der Waals surface area contributed by atoms with Crippen LogP contribution in [0.15, 0.2) is 24.3 Å². The van der Waals surface area contributed by atoms with Crippen molar-refractivity contribution in [2.75, 3.05) is 5.32 Å². The van der Waals surface area contributed by atoms with E-state index >= 15 is 0 Å². The lowest BCUT2D eigenvalue weighted by Crippen LogP contribution is -2.31. The predicted molar refractivity (Wildman–Crippen MR) is 82.9 cm³/mol. The van der Waals surface area contributed by atoms with Gasteiger partial charge in [-0.2, -0.15) is 0 Å². The van der Waals surface area contributed by atoms with Gasteiger partial charge >= 0.3 is 0 Å². The lowest BCUT2D eigenvalue weighted by atomic mass is 10.0. The Bertz CT molecular complexity index is 432. The van der Waals surface area contributed by atoms with E-state index in [2.05, 4.69) is 12.2 Å². The molecule has 4 nitrogen and oxygen atoms in total. The predicted octanol–water partition coefficient (Wildman–Crippen LogP) is 3.18. The monoisotopic (exact) mass is 278 g/mol.